The average molecular weight is 285 g/mol. The largest absolute Gasteiger partial charge is 0.384 e. The van der Waals surface area contributed by atoms with Gasteiger partial charge in [0.15, 0.2) is 0 Å². The van der Waals surface area contributed by atoms with Gasteiger partial charge in [-0.3, -0.25) is 4.68 Å². The van der Waals surface area contributed by atoms with Crippen molar-refractivity contribution in [3.63, 3.8) is 0 Å². The van der Waals surface area contributed by atoms with E-state index >= 15 is 0 Å². The van der Waals surface area contributed by atoms with Gasteiger partial charge in [-0.2, -0.15) is 5.10 Å². The summed E-state index contributed by atoms with van der Waals surface area (Å²) in [5, 5.41) is 15.4. The fourth-order valence-corrected chi connectivity index (χ4v) is 1.96. The lowest BCUT2D eigenvalue weighted by Gasteiger charge is -2.10. The molecule has 0 spiro atoms. The predicted molar refractivity (Wildman–Crippen MR) is 73.1 cm³/mol. The zero-order chi connectivity index (χ0) is 13.3. The van der Waals surface area contributed by atoms with Crippen molar-refractivity contribution in [2.24, 2.45) is 0 Å². The highest BCUT2D eigenvalue weighted by Gasteiger charge is 2.14. The molecule has 1 N–H and O–H groups in total. The van der Waals surface area contributed by atoms with Crippen molar-refractivity contribution in [3.05, 3.63) is 51.8 Å². The van der Waals surface area contributed by atoms with Gasteiger partial charge in [0.25, 0.3) is 0 Å². The van der Waals surface area contributed by atoms with Gasteiger partial charge in [0.1, 0.15) is 6.10 Å². The first kappa shape index (κ1) is 13.4. The lowest BCUT2D eigenvalue weighted by molar-refractivity contribution is 0.220. The smallest absolute Gasteiger partial charge is 0.107 e. The van der Waals surface area contributed by atoms with Crippen molar-refractivity contribution in [1.29, 1.82) is 0 Å². The zero-order valence-electron chi connectivity index (χ0n) is 10.1. The van der Waals surface area contributed by atoms with Gasteiger partial charge < -0.3 is 5.11 Å². The van der Waals surface area contributed by atoms with Crippen LogP contribution in [0.25, 0.3) is 0 Å². The fraction of sp³-hybridized carbons (Fsp3) is 0.308. The summed E-state index contributed by atoms with van der Waals surface area (Å²) >= 11 is 11.8. The van der Waals surface area contributed by atoms with Gasteiger partial charge in [-0.15, -0.1) is 0 Å². The van der Waals surface area contributed by atoms with Crippen molar-refractivity contribution in [3.8, 4) is 0 Å². The summed E-state index contributed by atoms with van der Waals surface area (Å²) in [6.45, 7) is 4.06. The Morgan fingerprint density at radius 1 is 1.17 bits per heavy atom. The minimum atomic E-state index is -0.743. The van der Waals surface area contributed by atoms with Gasteiger partial charge >= 0.3 is 0 Å². The van der Waals surface area contributed by atoms with Crippen LogP contribution in [-0.2, 0) is 0 Å². The number of halogens is 2. The first-order chi connectivity index (χ1) is 8.49. The molecule has 3 nitrogen and oxygen atoms in total. The van der Waals surface area contributed by atoms with Crippen LogP contribution in [0.2, 0.25) is 10.0 Å². The first-order valence-electron chi connectivity index (χ1n) is 5.66. The second kappa shape index (κ2) is 5.31. The second-order valence-electron chi connectivity index (χ2n) is 4.42. The Morgan fingerprint density at radius 2 is 1.89 bits per heavy atom. The third-order valence-electron chi connectivity index (χ3n) is 2.73. The molecule has 0 aliphatic heterocycles. The molecule has 0 saturated heterocycles. The van der Waals surface area contributed by atoms with Crippen LogP contribution in [-0.4, -0.2) is 14.9 Å². The summed E-state index contributed by atoms with van der Waals surface area (Å²) in [5.74, 6) is 0. The molecule has 1 atom stereocenters. The summed E-state index contributed by atoms with van der Waals surface area (Å²) in [6, 6.07) is 5.36. The third kappa shape index (κ3) is 2.69. The highest BCUT2D eigenvalue weighted by atomic mass is 35.5. The lowest BCUT2D eigenvalue weighted by Crippen LogP contribution is -2.01. The number of nitrogens with zero attached hydrogens (tertiary/aromatic N) is 2. The standard InChI is InChI=1S/C13H14Cl2N2O/c1-8(2)17-7-10(6-16-17)13(18)9-3-4-11(14)12(15)5-9/h3-8,13,18H,1-2H3. The maximum absolute atomic E-state index is 10.2. The van der Waals surface area contributed by atoms with E-state index in [4.69, 9.17) is 23.2 Å². The molecule has 0 bridgehead atoms. The minimum Gasteiger partial charge on any atom is -0.384 e. The van der Waals surface area contributed by atoms with Crippen LogP contribution in [0.3, 0.4) is 0 Å². The molecule has 0 aliphatic rings. The molecule has 0 aliphatic carbocycles. The minimum absolute atomic E-state index is 0.264. The number of aliphatic hydroxyl groups is 1. The van der Waals surface area contributed by atoms with Crippen molar-refractivity contribution in [2.75, 3.05) is 0 Å². The number of hydrogen-bond acceptors (Lipinski definition) is 2. The van der Waals surface area contributed by atoms with Gasteiger partial charge in [0.05, 0.1) is 16.2 Å². The van der Waals surface area contributed by atoms with E-state index in [9.17, 15) is 5.11 Å². The van der Waals surface area contributed by atoms with Gasteiger partial charge in [-0.1, -0.05) is 29.3 Å². The molecule has 1 aromatic carbocycles. The maximum atomic E-state index is 10.2. The Labute approximate surface area is 116 Å². The molecule has 2 rings (SSSR count). The molecule has 2 aromatic rings. The molecule has 0 amide bonds. The van der Waals surface area contributed by atoms with Gasteiger partial charge in [0, 0.05) is 17.8 Å². The van der Waals surface area contributed by atoms with Crippen LogP contribution < -0.4 is 0 Å². The number of aromatic nitrogens is 2. The summed E-state index contributed by atoms with van der Waals surface area (Å²) in [4.78, 5) is 0. The van der Waals surface area contributed by atoms with E-state index in [1.807, 2.05) is 20.0 Å². The zero-order valence-corrected chi connectivity index (χ0v) is 11.7. The Bertz CT molecular complexity index is 552. The molecule has 0 saturated carbocycles. The molecule has 5 heteroatoms. The SMILES string of the molecule is CC(C)n1cc(C(O)c2ccc(Cl)c(Cl)c2)cn1. The maximum Gasteiger partial charge on any atom is 0.107 e. The van der Waals surface area contributed by atoms with Crippen molar-refractivity contribution in [1.82, 2.24) is 9.78 Å². The number of aliphatic hydroxyl groups excluding tert-OH is 1. The van der Waals surface area contributed by atoms with E-state index in [1.54, 1.807) is 29.1 Å². The van der Waals surface area contributed by atoms with Crippen molar-refractivity contribution in [2.45, 2.75) is 26.0 Å². The monoisotopic (exact) mass is 284 g/mol. The topological polar surface area (TPSA) is 38.0 Å². The summed E-state index contributed by atoms with van der Waals surface area (Å²) in [5.41, 5.74) is 1.44. The molecule has 18 heavy (non-hydrogen) atoms. The van der Waals surface area contributed by atoms with Crippen LogP contribution in [0.15, 0.2) is 30.6 Å². The fourth-order valence-electron chi connectivity index (χ4n) is 1.65. The number of benzene rings is 1. The summed E-state index contributed by atoms with van der Waals surface area (Å²) in [7, 11) is 0. The Hall–Kier alpha value is -1.03. The molecular weight excluding hydrogens is 271 g/mol. The normalized spacial score (nSPS) is 13.0. The Morgan fingerprint density at radius 3 is 2.44 bits per heavy atom. The van der Waals surface area contributed by atoms with Crippen LogP contribution >= 0.6 is 23.2 Å². The van der Waals surface area contributed by atoms with Crippen LogP contribution in [0.5, 0.6) is 0 Å². The molecule has 0 radical (unpaired) electrons. The molecule has 96 valence electrons. The molecule has 0 fully saturated rings. The highest BCUT2D eigenvalue weighted by Crippen LogP contribution is 2.28. The third-order valence-corrected chi connectivity index (χ3v) is 3.46. The summed E-state index contributed by atoms with van der Waals surface area (Å²) < 4.78 is 1.80. The molecule has 1 heterocycles. The molecule has 1 unspecified atom stereocenters. The predicted octanol–water partition coefficient (Wildman–Crippen LogP) is 3.85. The quantitative estimate of drug-likeness (QED) is 0.930. The van der Waals surface area contributed by atoms with E-state index in [-0.39, 0.29) is 6.04 Å². The van der Waals surface area contributed by atoms with E-state index in [0.717, 1.165) is 5.56 Å². The van der Waals surface area contributed by atoms with E-state index in [2.05, 4.69) is 5.10 Å². The van der Waals surface area contributed by atoms with Crippen LogP contribution in [0.4, 0.5) is 0 Å². The van der Waals surface area contributed by atoms with E-state index in [0.29, 0.717) is 15.6 Å². The molecule has 1 aromatic heterocycles. The molecular formula is C13H14Cl2N2O. The van der Waals surface area contributed by atoms with Crippen molar-refractivity contribution >= 4 is 23.2 Å². The van der Waals surface area contributed by atoms with E-state index < -0.39 is 6.10 Å². The van der Waals surface area contributed by atoms with Gasteiger partial charge in [-0.05, 0) is 31.5 Å². The number of hydrogen-bond donors (Lipinski definition) is 1. The first-order valence-corrected chi connectivity index (χ1v) is 6.41. The average Bonchev–Trinajstić information content (AvgIpc) is 2.81. The number of rotatable bonds is 3. The van der Waals surface area contributed by atoms with Gasteiger partial charge in [-0.25, -0.2) is 0 Å². The lowest BCUT2D eigenvalue weighted by atomic mass is 10.1. The van der Waals surface area contributed by atoms with Gasteiger partial charge in [0.2, 0.25) is 0 Å². The Balaban J connectivity index is 2.29. The van der Waals surface area contributed by atoms with E-state index in [1.165, 1.54) is 0 Å². The van der Waals surface area contributed by atoms with Crippen LogP contribution in [0.1, 0.15) is 37.1 Å². The summed E-state index contributed by atoms with van der Waals surface area (Å²) in [6.07, 6.45) is 2.75. The Kier molecular flexibility index (Phi) is 3.95. The van der Waals surface area contributed by atoms with Crippen LogP contribution in [0, 0.1) is 0 Å². The highest BCUT2D eigenvalue weighted by molar-refractivity contribution is 6.42. The van der Waals surface area contributed by atoms with Crippen molar-refractivity contribution < 1.29 is 5.11 Å². The second-order valence-corrected chi connectivity index (χ2v) is 5.24.